The summed E-state index contributed by atoms with van der Waals surface area (Å²) < 4.78 is 5.23. The van der Waals surface area contributed by atoms with Gasteiger partial charge in [0, 0.05) is 11.3 Å². The van der Waals surface area contributed by atoms with Gasteiger partial charge < -0.3 is 16.2 Å². The SMILES string of the molecule is Nc1ccc(-c2cccc(NC(=O)OCc3ccccc3)c2N)cc1. The third-order valence-electron chi connectivity index (χ3n) is 3.78. The van der Waals surface area contributed by atoms with E-state index >= 15 is 0 Å². The molecule has 0 bridgehead atoms. The van der Waals surface area contributed by atoms with E-state index in [2.05, 4.69) is 5.32 Å². The van der Waals surface area contributed by atoms with Crippen molar-refractivity contribution in [3.63, 3.8) is 0 Å². The van der Waals surface area contributed by atoms with Crippen LogP contribution in [0.5, 0.6) is 0 Å². The molecule has 0 aliphatic rings. The topological polar surface area (TPSA) is 90.4 Å². The fourth-order valence-electron chi connectivity index (χ4n) is 2.46. The number of benzene rings is 3. The van der Waals surface area contributed by atoms with E-state index in [1.807, 2.05) is 66.7 Å². The number of nitrogens with one attached hydrogen (secondary N) is 1. The summed E-state index contributed by atoms with van der Waals surface area (Å²) in [6.45, 7) is 0.199. The summed E-state index contributed by atoms with van der Waals surface area (Å²) in [4.78, 5) is 12.0. The maximum Gasteiger partial charge on any atom is 0.412 e. The summed E-state index contributed by atoms with van der Waals surface area (Å²) in [6, 6.07) is 22.3. The van der Waals surface area contributed by atoms with Crippen LogP contribution in [0, 0.1) is 0 Å². The second kappa shape index (κ2) is 7.40. The Kier molecular flexibility index (Phi) is 4.85. The Bertz CT molecular complexity index is 862. The van der Waals surface area contributed by atoms with Gasteiger partial charge in [0.05, 0.1) is 11.4 Å². The van der Waals surface area contributed by atoms with Crippen molar-refractivity contribution < 1.29 is 9.53 Å². The summed E-state index contributed by atoms with van der Waals surface area (Å²) in [5.74, 6) is 0. The van der Waals surface area contributed by atoms with Crippen LogP contribution in [0.2, 0.25) is 0 Å². The minimum Gasteiger partial charge on any atom is -0.444 e. The Labute approximate surface area is 146 Å². The average molecular weight is 333 g/mol. The number of nitrogens with two attached hydrogens (primary N) is 2. The highest BCUT2D eigenvalue weighted by atomic mass is 16.5. The smallest absolute Gasteiger partial charge is 0.412 e. The van der Waals surface area contributed by atoms with Gasteiger partial charge >= 0.3 is 6.09 Å². The summed E-state index contributed by atoms with van der Waals surface area (Å²) in [5, 5.41) is 2.69. The van der Waals surface area contributed by atoms with Crippen molar-refractivity contribution in [2.45, 2.75) is 6.61 Å². The van der Waals surface area contributed by atoms with Crippen LogP contribution in [0.15, 0.2) is 72.8 Å². The van der Waals surface area contributed by atoms with Crippen LogP contribution in [0.25, 0.3) is 11.1 Å². The zero-order valence-electron chi connectivity index (χ0n) is 13.6. The Morgan fingerprint density at radius 3 is 2.32 bits per heavy atom. The van der Waals surface area contributed by atoms with Gasteiger partial charge in [0.1, 0.15) is 6.61 Å². The van der Waals surface area contributed by atoms with Crippen LogP contribution in [-0.2, 0) is 11.3 Å². The number of anilines is 3. The molecule has 0 saturated heterocycles. The summed E-state index contributed by atoms with van der Waals surface area (Å²) in [6.07, 6.45) is -0.551. The molecule has 5 N–H and O–H groups in total. The van der Waals surface area contributed by atoms with E-state index in [1.165, 1.54) is 0 Å². The standard InChI is InChI=1S/C20H19N3O2/c21-16-11-9-15(10-12-16)17-7-4-8-18(19(17)22)23-20(24)25-13-14-5-2-1-3-6-14/h1-12H,13,21-22H2,(H,23,24). The van der Waals surface area contributed by atoms with Crippen molar-refractivity contribution >= 4 is 23.2 Å². The molecule has 0 aliphatic carbocycles. The largest absolute Gasteiger partial charge is 0.444 e. The molecule has 126 valence electrons. The average Bonchev–Trinajstić information content (AvgIpc) is 2.63. The summed E-state index contributed by atoms with van der Waals surface area (Å²) in [7, 11) is 0. The maximum absolute atomic E-state index is 12.0. The van der Waals surface area contributed by atoms with Crippen LogP contribution in [-0.4, -0.2) is 6.09 Å². The minimum atomic E-state index is -0.551. The van der Waals surface area contributed by atoms with Gasteiger partial charge in [-0.1, -0.05) is 54.6 Å². The highest BCUT2D eigenvalue weighted by molar-refractivity contribution is 5.94. The number of rotatable bonds is 4. The number of carbonyl (C=O) groups is 1. The fraction of sp³-hybridized carbons (Fsp3) is 0.0500. The Morgan fingerprint density at radius 1 is 0.880 bits per heavy atom. The molecule has 0 atom stereocenters. The lowest BCUT2D eigenvalue weighted by molar-refractivity contribution is 0.155. The molecule has 25 heavy (non-hydrogen) atoms. The zero-order chi connectivity index (χ0) is 17.6. The molecule has 3 rings (SSSR count). The fourth-order valence-corrected chi connectivity index (χ4v) is 2.46. The third kappa shape index (κ3) is 4.09. The van der Waals surface area contributed by atoms with Gasteiger partial charge in [-0.2, -0.15) is 0 Å². The van der Waals surface area contributed by atoms with Crippen molar-refractivity contribution in [3.05, 3.63) is 78.4 Å². The van der Waals surface area contributed by atoms with Gasteiger partial charge in [0.15, 0.2) is 0 Å². The molecule has 5 nitrogen and oxygen atoms in total. The predicted molar refractivity (Wildman–Crippen MR) is 101 cm³/mol. The van der Waals surface area contributed by atoms with Gasteiger partial charge in [-0.15, -0.1) is 0 Å². The number of para-hydroxylation sites is 1. The first-order valence-electron chi connectivity index (χ1n) is 7.85. The minimum absolute atomic E-state index is 0.199. The zero-order valence-corrected chi connectivity index (χ0v) is 13.6. The van der Waals surface area contributed by atoms with Crippen molar-refractivity contribution in [1.82, 2.24) is 0 Å². The van der Waals surface area contributed by atoms with Crippen molar-refractivity contribution in [3.8, 4) is 11.1 Å². The van der Waals surface area contributed by atoms with Crippen LogP contribution >= 0.6 is 0 Å². The predicted octanol–water partition coefficient (Wildman–Crippen LogP) is 4.27. The van der Waals surface area contributed by atoms with Gasteiger partial charge in [-0.05, 0) is 29.3 Å². The maximum atomic E-state index is 12.0. The molecule has 3 aromatic carbocycles. The molecule has 3 aromatic rings. The van der Waals surface area contributed by atoms with Gasteiger partial charge in [0.25, 0.3) is 0 Å². The lowest BCUT2D eigenvalue weighted by atomic mass is 10.0. The second-order valence-corrected chi connectivity index (χ2v) is 5.58. The van der Waals surface area contributed by atoms with Gasteiger partial charge in [-0.25, -0.2) is 4.79 Å². The van der Waals surface area contributed by atoms with Gasteiger partial charge in [0.2, 0.25) is 0 Å². The van der Waals surface area contributed by atoms with Crippen LogP contribution in [0.1, 0.15) is 5.56 Å². The lowest BCUT2D eigenvalue weighted by Gasteiger charge is -2.13. The number of hydrogen-bond acceptors (Lipinski definition) is 4. The van der Waals surface area contributed by atoms with Crippen LogP contribution in [0.3, 0.4) is 0 Å². The van der Waals surface area contributed by atoms with E-state index < -0.39 is 6.09 Å². The van der Waals surface area contributed by atoms with E-state index in [4.69, 9.17) is 16.2 Å². The first-order valence-corrected chi connectivity index (χ1v) is 7.85. The number of nitrogen functional groups attached to an aromatic ring is 2. The molecule has 0 aliphatic heterocycles. The third-order valence-corrected chi connectivity index (χ3v) is 3.78. The van der Waals surface area contributed by atoms with Gasteiger partial charge in [-0.3, -0.25) is 5.32 Å². The first kappa shape index (κ1) is 16.4. The Balaban J connectivity index is 1.71. The molecule has 0 fully saturated rings. The molecule has 1 amide bonds. The number of ether oxygens (including phenoxy) is 1. The molecule has 0 spiro atoms. The highest BCUT2D eigenvalue weighted by Crippen LogP contribution is 2.32. The molecular weight excluding hydrogens is 314 g/mol. The highest BCUT2D eigenvalue weighted by Gasteiger charge is 2.10. The Hall–Kier alpha value is -3.47. The van der Waals surface area contributed by atoms with Crippen LogP contribution < -0.4 is 16.8 Å². The lowest BCUT2D eigenvalue weighted by Crippen LogP contribution is -2.14. The number of hydrogen-bond donors (Lipinski definition) is 3. The van der Waals surface area contributed by atoms with Crippen molar-refractivity contribution in [2.75, 3.05) is 16.8 Å². The molecule has 0 unspecified atom stereocenters. The molecule has 0 aromatic heterocycles. The molecule has 5 heteroatoms. The monoisotopic (exact) mass is 333 g/mol. The van der Waals surface area contributed by atoms with E-state index in [1.54, 1.807) is 6.07 Å². The molecule has 0 radical (unpaired) electrons. The molecular formula is C20H19N3O2. The quantitative estimate of drug-likeness (QED) is 0.622. The molecule has 0 saturated carbocycles. The van der Waals surface area contributed by atoms with E-state index in [0.29, 0.717) is 17.1 Å². The number of carbonyl (C=O) groups excluding carboxylic acids is 1. The van der Waals surface area contributed by atoms with E-state index in [9.17, 15) is 4.79 Å². The van der Waals surface area contributed by atoms with E-state index in [-0.39, 0.29) is 6.61 Å². The second-order valence-electron chi connectivity index (χ2n) is 5.58. The van der Waals surface area contributed by atoms with Crippen molar-refractivity contribution in [1.29, 1.82) is 0 Å². The van der Waals surface area contributed by atoms with Crippen molar-refractivity contribution in [2.24, 2.45) is 0 Å². The summed E-state index contributed by atoms with van der Waals surface area (Å²) >= 11 is 0. The molecule has 0 heterocycles. The number of amides is 1. The summed E-state index contributed by atoms with van der Waals surface area (Å²) in [5.41, 5.74) is 16.2. The van der Waals surface area contributed by atoms with Crippen LogP contribution in [0.4, 0.5) is 21.9 Å². The first-order chi connectivity index (χ1) is 12.1. The van der Waals surface area contributed by atoms with E-state index in [0.717, 1.165) is 16.7 Å². The Morgan fingerprint density at radius 2 is 1.60 bits per heavy atom. The normalized spacial score (nSPS) is 10.2.